The smallest absolute Gasteiger partial charge is 0.225 e. The molecule has 250 valence electrons. The lowest BCUT2D eigenvalue weighted by Gasteiger charge is -2.64. The number of carbonyl (C=O) groups excluding carboxylic acids is 1. The second-order valence-corrected chi connectivity index (χ2v) is 18.3. The van der Waals surface area contributed by atoms with Gasteiger partial charge in [0.25, 0.3) is 0 Å². The molecule has 0 aromatic carbocycles. The van der Waals surface area contributed by atoms with Crippen molar-refractivity contribution in [1.82, 2.24) is 9.80 Å². The van der Waals surface area contributed by atoms with Gasteiger partial charge >= 0.3 is 0 Å². The van der Waals surface area contributed by atoms with Crippen molar-refractivity contribution in [2.45, 2.75) is 131 Å². The molecule has 1 N–H and O–H groups in total. The molecule has 7 heteroatoms. The van der Waals surface area contributed by atoms with E-state index in [1.165, 1.54) is 38.5 Å². The van der Waals surface area contributed by atoms with Crippen LogP contribution in [0.2, 0.25) is 0 Å². The second kappa shape index (κ2) is 10.4. The monoisotopic (exact) mass is 614 g/mol. The largest absolute Gasteiger partial charge is 0.390 e. The molecule has 0 aromatic heterocycles. The number of morpholine rings is 1. The Hall–Kier alpha value is -0.730. The van der Waals surface area contributed by atoms with E-state index in [0.29, 0.717) is 54.2 Å². The highest BCUT2D eigenvalue weighted by Crippen LogP contribution is 2.89. The molecular formula is C37H62N2O5. The lowest BCUT2D eigenvalue weighted by Crippen LogP contribution is -2.60. The van der Waals surface area contributed by atoms with E-state index in [4.69, 9.17) is 14.2 Å². The summed E-state index contributed by atoms with van der Waals surface area (Å²) in [5, 5.41) is 12.4. The summed E-state index contributed by atoms with van der Waals surface area (Å²) in [6.07, 6.45) is 9.23. The summed E-state index contributed by atoms with van der Waals surface area (Å²) < 4.78 is 19.8. The summed E-state index contributed by atoms with van der Waals surface area (Å²) in [6.45, 7) is 19.0. The Kier molecular flexibility index (Phi) is 7.52. The molecule has 5 aliphatic carbocycles. The Labute approximate surface area is 267 Å². The van der Waals surface area contributed by atoms with Gasteiger partial charge in [-0.1, -0.05) is 48.5 Å². The summed E-state index contributed by atoms with van der Waals surface area (Å²) >= 11 is 0. The number of rotatable bonds is 5. The predicted molar refractivity (Wildman–Crippen MR) is 171 cm³/mol. The lowest BCUT2D eigenvalue weighted by molar-refractivity contribution is -0.248. The van der Waals surface area contributed by atoms with Crippen LogP contribution >= 0.6 is 0 Å². The molecule has 44 heavy (non-hydrogen) atoms. The molecule has 2 heterocycles. The normalized spacial score (nSPS) is 52.5. The Morgan fingerprint density at radius 3 is 2.45 bits per heavy atom. The zero-order valence-corrected chi connectivity index (χ0v) is 29.2. The summed E-state index contributed by atoms with van der Waals surface area (Å²) in [4.78, 5) is 16.9. The van der Waals surface area contributed by atoms with Crippen molar-refractivity contribution in [2.75, 3.05) is 40.3 Å². The fraction of sp³-hybridized carbons (Fsp3) is 0.973. The van der Waals surface area contributed by atoms with Gasteiger partial charge in [0.2, 0.25) is 5.91 Å². The average molecular weight is 615 g/mol. The molecule has 13 atom stereocenters. The van der Waals surface area contributed by atoms with E-state index in [2.05, 4.69) is 53.6 Å². The fourth-order valence-electron chi connectivity index (χ4n) is 13.6. The fourth-order valence-corrected chi connectivity index (χ4v) is 13.6. The molecule has 2 spiro atoms. The number of aliphatic hydroxyl groups is 1. The highest BCUT2D eigenvalue weighted by atomic mass is 16.7. The molecule has 0 aromatic rings. The number of hydrogen-bond donors (Lipinski definition) is 1. The zero-order chi connectivity index (χ0) is 31.6. The number of amides is 1. The standard InChI is InChI=1S/C37H62N2O5/c1-22(2)32(41)39-16-17-42-28(20-39)44-27-12-13-36-21-37(36)15-14-34(6)29-23(3)18-24(19-38(8)9)43-30(29)31(40)35(34,7)26(37)11-10-25(36)33(27,4)5/h22-31,40H,10-21H2,1-9H3/t23-,24?,25+,26?,27?,28+,29?,30?,31+,34?,35-,36?,37?/m1/s1. The van der Waals surface area contributed by atoms with E-state index in [-0.39, 0.29) is 52.7 Å². The summed E-state index contributed by atoms with van der Waals surface area (Å²) in [5.74, 6) is 2.37. The minimum absolute atomic E-state index is 0.00300. The number of likely N-dealkylation sites (N-methyl/N-ethyl adjacent to an activating group) is 1. The van der Waals surface area contributed by atoms with E-state index < -0.39 is 6.10 Å². The molecule has 0 bridgehead atoms. The first-order valence-electron chi connectivity index (χ1n) is 18.2. The van der Waals surface area contributed by atoms with Gasteiger partial charge in [0, 0.05) is 24.4 Å². The first-order valence-corrected chi connectivity index (χ1v) is 18.2. The molecule has 7 rings (SSSR count). The minimum Gasteiger partial charge on any atom is -0.390 e. The van der Waals surface area contributed by atoms with Crippen LogP contribution in [0.4, 0.5) is 0 Å². The lowest BCUT2D eigenvalue weighted by atomic mass is 9.41. The van der Waals surface area contributed by atoms with Crippen LogP contribution in [0, 0.1) is 56.7 Å². The Bertz CT molecular complexity index is 1140. The summed E-state index contributed by atoms with van der Waals surface area (Å²) in [5.41, 5.74) is 0.746. The Morgan fingerprint density at radius 1 is 1.05 bits per heavy atom. The van der Waals surface area contributed by atoms with Gasteiger partial charge in [-0.2, -0.15) is 0 Å². The Morgan fingerprint density at radius 2 is 1.75 bits per heavy atom. The number of aliphatic hydroxyl groups excluding tert-OH is 1. The van der Waals surface area contributed by atoms with Crippen LogP contribution in [0.1, 0.15) is 99.8 Å². The number of hydrogen-bond acceptors (Lipinski definition) is 6. The number of nitrogens with zero attached hydrogens (tertiary/aromatic N) is 2. The van der Waals surface area contributed by atoms with Crippen molar-refractivity contribution in [2.24, 2.45) is 56.7 Å². The molecular weight excluding hydrogens is 552 g/mol. The number of ether oxygens (including phenoxy) is 3. The molecule has 2 saturated heterocycles. The van der Waals surface area contributed by atoms with Gasteiger partial charge in [-0.3, -0.25) is 4.79 Å². The van der Waals surface area contributed by atoms with Crippen molar-refractivity contribution in [1.29, 1.82) is 0 Å². The van der Waals surface area contributed by atoms with E-state index >= 15 is 0 Å². The van der Waals surface area contributed by atoms with E-state index in [0.717, 1.165) is 19.4 Å². The highest BCUT2D eigenvalue weighted by molar-refractivity contribution is 5.78. The van der Waals surface area contributed by atoms with E-state index in [1.807, 2.05) is 18.7 Å². The maximum Gasteiger partial charge on any atom is 0.225 e. The molecule has 7 nitrogen and oxygen atoms in total. The third-order valence-electron chi connectivity index (χ3n) is 15.5. The maximum absolute atomic E-state index is 12.7. The minimum atomic E-state index is -0.395. The zero-order valence-electron chi connectivity index (χ0n) is 29.2. The molecule has 7 fully saturated rings. The second-order valence-electron chi connectivity index (χ2n) is 18.3. The number of carbonyl (C=O) groups is 1. The van der Waals surface area contributed by atoms with Crippen LogP contribution in [0.15, 0.2) is 0 Å². The average Bonchev–Trinajstić information content (AvgIpc) is 3.59. The molecule has 5 saturated carbocycles. The van der Waals surface area contributed by atoms with Crippen molar-refractivity contribution in [3.8, 4) is 0 Å². The van der Waals surface area contributed by atoms with Crippen LogP contribution < -0.4 is 0 Å². The molecule has 1 amide bonds. The highest BCUT2D eigenvalue weighted by Gasteiger charge is 2.84. The van der Waals surface area contributed by atoms with Crippen LogP contribution in [0.25, 0.3) is 0 Å². The van der Waals surface area contributed by atoms with Crippen LogP contribution in [-0.2, 0) is 19.0 Å². The molecule has 0 radical (unpaired) electrons. The molecule has 7 aliphatic rings. The van der Waals surface area contributed by atoms with Crippen molar-refractivity contribution < 1.29 is 24.1 Å². The van der Waals surface area contributed by atoms with Gasteiger partial charge in [-0.05, 0) is 111 Å². The SMILES string of the molecule is CC(C)C(=O)N1CCO[C@@H](OC2CCC34CC35CCC3(C)C6C(OC(CN(C)C)C[C@H]6C)[C@H](O)[C@@]3(C)C5CC[C@H]4C2(C)C)C1. The van der Waals surface area contributed by atoms with Gasteiger partial charge in [0.1, 0.15) is 0 Å². The van der Waals surface area contributed by atoms with E-state index in [9.17, 15) is 9.90 Å². The first-order chi connectivity index (χ1) is 20.6. The third-order valence-corrected chi connectivity index (χ3v) is 15.5. The van der Waals surface area contributed by atoms with Crippen molar-refractivity contribution >= 4 is 5.91 Å². The third kappa shape index (κ3) is 4.13. The summed E-state index contributed by atoms with van der Waals surface area (Å²) in [7, 11) is 4.27. The van der Waals surface area contributed by atoms with Gasteiger partial charge in [0.05, 0.1) is 37.6 Å². The van der Waals surface area contributed by atoms with E-state index in [1.54, 1.807) is 0 Å². The van der Waals surface area contributed by atoms with Crippen molar-refractivity contribution in [3.05, 3.63) is 0 Å². The topological polar surface area (TPSA) is 71.5 Å². The van der Waals surface area contributed by atoms with Crippen LogP contribution in [0.5, 0.6) is 0 Å². The quantitative estimate of drug-likeness (QED) is 0.436. The maximum atomic E-state index is 12.7. The first kappa shape index (κ1) is 31.8. The summed E-state index contributed by atoms with van der Waals surface area (Å²) in [6, 6.07) is 0. The van der Waals surface area contributed by atoms with Crippen LogP contribution in [0.3, 0.4) is 0 Å². The van der Waals surface area contributed by atoms with Crippen LogP contribution in [-0.4, -0.2) is 91.9 Å². The Balaban J connectivity index is 1.11. The predicted octanol–water partition coefficient (Wildman–Crippen LogP) is 5.59. The van der Waals surface area contributed by atoms with Gasteiger partial charge < -0.3 is 29.1 Å². The molecule has 8 unspecified atom stereocenters. The number of fused-ring (bicyclic) bond motifs is 4. The van der Waals surface area contributed by atoms with Gasteiger partial charge in [-0.15, -0.1) is 0 Å². The molecule has 2 aliphatic heterocycles. The van der Waals surface area contributed by atoms with Gasteiger partial charge in [-0.25, -0.2) is 0 Å². The van der Waals surface area contributed by atoms with Gasteiger partial charge in [0.15, 0.2) is 6.29 Å². The van der Waals surface area contributed by atoms with Crippen molar-refractivity contribution in [3.63, 3.8) is 0 Å².